The molecule has 2 aromatic heterocycles. The SMILES string of the molecule is c1ccc2c(c1)-c1ccccc1C21c2cc(-c3cccc4cccnc34)ccc2-c2oc3ccccc3c21. The first-order valence-electron chi connectivity index (χ1n) is 13.1. The minimum atomic E-state index is -0.446. The lowest BCUT2D eigenvalue weighted by atomic mass is 9.70. The summed E-state index contributed by atoms with van der Waals surface area (Å²) in [6.07, 6.45) is 1.88. The Hall–Kier alpha value is -4.95. The van der Waals surface area contributed by atoms with E-state index < -0.39 is 5.41 Å². The summed E-state index contributed by atoms with van der Waals surface area (Å²) in [6.45, 7) is 0. The van der Waals surface area contributed by atoms with Gasteiger partial charge in [-0.05, 0) is 51.6 Å². The Labute approximate surface area is 219 Å². The Bertz CT molecular complexity index is 2050. The molecule has 0 aliphatic heterocycles. The van der Waals surface area contributed by atoms with Gasteiger partial charge in [0.25, 0.3) is 0 Å². The van der Waals surface area contributed by atoms with Crippen LogP contribution < -0.4 is 0 Å². The highest BCUT2D eigenvalue weighted by atomic mass is 16.3. The third-order valence-corrected chi connectivity index (χ3v) is 8.53. The molecule has 2 aliphatic rings. The number of hydrogen-bond acceptors (Lipinski definition) is 2. The van der Waals surface area contributed by atoms with Gasteiger partial charge >= 0.3 is 0 Å². The Morgan fingerprint density at radius 3 is 2.11 bits per heavy atom. The van der Waals surface area contributed by atoms with Crippen molar-refractivity contribution in [1.29, 1.82) is 0 Å². The minimum Gasteiger partial charge on any atom is -0.456 e. The second-order valence-electron chi connectivity index (χ2n) is 10.3. The van der Waals surface area contributed by atoms with Crippen LogP contribution in [0.5, 0.6) is 0 Å². The summed E-state index contributed by atoms with van der Waals surface area (Å²) in [7, 11) is 0. The van der Waals surface area contributed by atoms with Crippen LogP contribution in [0.25, 0.3) is 55.4 Å². The molecule has 2 heteroatoms. The highest BCUT2D eigenvalue weighted by Crippen LogP contribution is 2.65. The van der Waals surface area contributed by atoms with E-state index in [0.717, 1.165) is 27.8 Å². The van der Waals surface area contributed by atoms with Gasteiger partial charge in [0.1, 0.15) is 11.3 Å². The van der Waals surface area contributed by atoms with Crippen molar-refractivity contribution in [2.75, 3.05) is 0 Å². The average molecular weight is 484 g/mol. The highest BCUT2D eigenvalue weighted by molar-refractivity contribution is 6.03. The zero-order chi connectivity index (χ0) is 24.8. The van der Waals surface area contributed by atoms with Gasteiger partial charge in [-0.1, -0.05) is 103 Å². The summed E-state index contributed by atoms with van der Waals surface area (Å²) in [4.78, 5) is 4.76. The molecule has 2 nitrogen and oxygen atoms in total. The van der Waals surface area contributed by atoms with Gasteiger partial charge in [0, 0.05) is 33.7 Å². The molecule has 38 heavy (non-hydrogen) atoms. The van der Waals surface area contributed by atoms with Gasteiger partial charge in [-0.25, -0.2) is 0 Å². The van der Waals surface area contributed by atoms with Crippen molar-refractivity contribution in [3.05, 3.63) is 150 Å². The number of furan rings is 1. The predicted octanol–water partition coefficient (Wildman–Crippen LogP) is 8.99. The van der Waals surface area contributed by atoms with E-state index >= 15 is 0 Å². The van der Waals surface area contributed by atoms with E-state index in [0.29, 0.717) is 0 Å². The quantitative estimate of drug-likeness (QED) is 0.233. The smallest absolute Gasteiger partial charge is 0.140 e. The lowest BCUT2D eigenvalue weighted by Gasteiger charge is -2.30. The summed E-state index contributed by atoms with van der Waals surface area (Å²) < 4.78 is 6.66. The molecule has 0 saturated carbocycles. The molecule has 0 amide bonds. The topological polar surface area (TPSA) is 26.0 Å². The van der Waals surface area contributed by atoms with Crippen LogP contribution in [0.3, 0.4) is 0 Å². The second kappa shape index (κ2) is 7.08. The van der Waals surface area contributed by atoms with Gasteiger partial charge < -0.3 is 4.42 Å². The van der Waals surface area contributed by atoms with Crippen molar-refractivity contribution in [3.8, 4) is 33.6 Å². The Balaban J connectivity index is 1.45. The summed E-state index contributed by atoms with van der Waals surface area (Å²) in [5.74, 6) is 0.982. The molecule has 0 fully saturated rings. The third-order valence-electron chi connectivity index (χ3n) is 8.53. The van der Waals surface area contributed by atoms with Crippen LogP contribution >= 0.6 is 0 Å². The summed E-state index contributed by atoms with van der Waals surface area (Å²) in [5.41, 5.74) is 12.8. The largest absolute Gasteiger partial charge is 0.456 e. The lowest BCUT2D eigenvalue weighted by Crippen LogP contribution is -2.25. The van der Waals surface area contributed by atoms with E-state index in [2.05, 4.69) is 115 Å². The summed E-state index contributed by atoms with van der Waals surface area (Å²) in [6, 6.07) is 43.7. The first-order chi connectivity index (χ1) is 18.9. The molecule has 7 aromatic rings. The van der Waals surface area contributed by atoms with E-state index in [1.54, 1.807) is 0 Å². The molecule has 2 heterocycles. The molecular formula is C36H21NO. The normalized spacial score (nSPS) is 14.0. The molecule has 1 spiro atoms. The van der Waals surface area contributed by atoms with Crippen molar-refractivity contribution in [2.24, 2.45) is 0 Å². The van der Waals surface area contributed by atoms with Crippen LogP contribution in [-0.4, -0.2) is 4.98 Å². The Morgan fingerprint density at radius 2 is 1.26 bits per heavy atom. The highest BCUT2D eigenvalue weighted by Gasteiger charge is 2.54. The maximum Gasteiger partial charge on any atom is 0.140 e. The standard InChI is InChI=1S/C36H21NO/c1-4-15-29-25(11-1)26-12-2-5-16-30(26)36(29)31-21-23(24-14-7-9-22-10-8-20-37-34(22)24)18-19-27(31)35-33(36)28-13-3-6-17-32(28)38-35/h1-21H. The summed E-state index contributed by atoms with van der Waals surface area (Å²) in [5, 5.41) is 2.33. The van der Waals surface area contributed by atoms with Gasteiger partial charge in [-0.2, -0.15) is 0 Å². The van der Waals surface area contributed by atoms with E-state index in [4.69, 9.17) is 9.40 Å². The third kappa shape index (κ3) is 2.32. The Kier molecular flexibility index (Phi) is 3.76. The summed E-state index contributed by atoms with van der Waals surface area (Å²) >= 11 is 0. The van der Waals surface area contributed by atoms with Gasteiger partial charge in [0.2, 0.25) is 0 Å². The number of hydrogen-bond donors (Lipinski definition) is 0. The van der Waals surface area contributed by atoms with Crippen LogP contribution in [0.15, 0.2) is 132 Å². The molecule has 0 unspecified atom stereocenters. The zero-order valence-electron chi connectivity index (χ0n) is 20.5. The fourth-order valence-corrected chi connectivity index (χ4v) is 7.09. The number of nitrogens with zero attached hydrogens (tertiary/aromatic N) is 1. The zero-order valence-corrected chi connectivity index (χ0v) is 20.5. The maximum atomic E-state index is 6.66. The first kappa shape index (κ1) is 20.1. The Morgan fingerprint density at radius 1 is 0.553 bits per heavy atom. The van der Waals surface area contributed by atoms with Crippen molar-refractivity contribution < 1.29 is 4.42 Å². The van der Waals surface area contributed by atoms with E-state index in [1.165, 1.54) is 49.9 Å². The number of aromatic nitrogens is 1. The van der Waals surface area contributed by atoms with Crippen LogP contribution in [0.2, 0.25) is 0 Å². The van der Waals surface area contributed by atoms with Gasteiger partial charge in [0.05, 0.1) is 10.9 Å². The molecule has 9 rings (SSSR count). The molecule has 2 aliphatic carbocycles. The van der Waals surface area contributed by atoms with Gasteiger partial charge in [0.15, 0.2) is 0 Å². The lowest BCUT2D eigenvalue weighted by molar-refractivity contribution is 0.628. The molecule has 0 atom stereocenters. The number of benzene rings is 5. The fraction of sp³-hybridized carbons (Fsp3) is 0.0278. The predicted molar refractivity (Wildman–Crippen MR) is 153 cm³/mol. The number of fused-ring (bicyclic) bond motifs is 13. The number of rotatable bonds is 1. The molecule has 0 bridgehead atoms. The van der Waals surface area contributed by atoms with Crippen LogP contribution in [0.1, 0.15) is 22.3 Å². The molecule has 176 valence electrons. The molecule has 0 saturated heterocycles. The second-order valence-corrected chi connectivity index (χ2v) is 10.3. The monoisotopic (exact) mass is 483 g/mol. The van der Waals surface area contributed by atoms with Crippen molar-refractivity contribution in [3.63, 3.8) is 0 Å². The molecule has 5 aromatic carbocycles. The molecule has 0 N–H and O–H groups in total. The van der Waals surface area contributed by atoms with Crippen molar-refractivity contribution in [1.82, 2.24) is 4.98 Å². The molecular weight excluding hydrogens is 462 g/mol. The molecule has 0 radical (unpaired) electrons. The van der Waals surface area contributed by atoms with Gasteiger partial charge in [-0.3, -0.25) is 4.98 Å². The van der Waals surface area contributed by atoms with E-state index in [9.17, 15) is 0 Å². The average Bonchev–Trinajstić information content (AvgIpc) is 3.60. The van der Waals surface area contributed by atoms with Crippen LogP contribution in [-0.2, 0) is 5.41 Å². The van der Waals surface area contributed by atoms with Gasteiger partial charge in [-0.15, -0.1) is 0 Å². The number of para-hydroxylation sites is 2. The first-order valence-corrected chi connectivity index (χ1v) is 13.1. The van der Waals surface area contributed by atoms with Crippen molar-refractivity contribution >= 4 is 21.9 Å². The van der Waals surface area contributed by atoms with E-state index in [-0.39, 0.29) is 0 Å². The fourth-order valence-electron chi connectivity index (χ4n) is 7.09. The maximum absolute atomic E-state index is 6.66. The van der Waals surface area contributed by atoms with Crippen LogP contribution in [0, 0.1) is 0 Å². The number of pyridine rings is 1. The van der Waals surface area contributed by atoms with Crippen molar-refractivity contribution in [2.45, 2.75) is 5.41 Å². The van der Waals surface area contributed by atoms with Crippen LogP contribution in [0.4, 0.5) is 0 Å². The minimum absolute atomic E-state index is 0.446. The van der Waals surface area contributed by atoms with E-state index in [1.807, 2.05) is 12.3 Å².